The Bertz CT molecular complexity index is 641. The molecule has 0 saturated heterocycles. The number of carbonyl (C=O) groups is 1. The average molecular weight is 314 g/mol. The van der Waals surface area contributed by atoms with Crippen molar-refractivity contribution in [2.24, 2.45) is 0 Å². The van der Waals surface area contributed by atoms with Gasteiger partial charge in [0.25, 0.3) is 0 Å². The van der Waals surface area contributed by atoms with Crippen LogP contribution in [-0.4, -0.2) is 5.97 Å². The van der Waals surface area contributed by atoms with Gasteiger partial charge < -0.3 is 10.5 Å². The number of ether oxygens (including phenoxy) is 1. The Hall–Kier alpha value is -1.78. The first-order chi connectivity index (χ1) is 9.49. The number of hydrogen-bond donors (Lipinski definition) is 1. The van der Waals surface area contributed by atoms with Gasteiger partial charge >= 0.3 is 5.97 Å². The molecular formula is C14H10Cl2FNO2. The number of esters is 1. The van der Waals surface area contributed by atoms with Crippen molar-refractivity contribution in [2.75, 3.05) is 5.73 Å². The van der Waals surface area contributed by atoms with Crippen molar-refractivity contribution in [3.63, 3.8) is 0 Å². The van der Waals surface area contributed by atoms with Gasteiger partial charge in [0.2, 0.25) is 0 Å². The Morgan fingerprint density at radius 3 is 2.60 bits per heavy atom. The van der Waals surface area contributed by atoms with Gasteiger partial charge in [-0.2, -0.15) is 0 Å². The molecule has 0 fully saturated rings. The number of nitrogens with two attached hydrogens (primary N) is 1. The van der Waals surface area contributed by atoms with Crippen molar-refractivity contribution in [2.45, 2.75) is 6.61 Å². The molecule has 2 N–H and O–H groups in total. The first-order valence-electron chi connectivity index (χ1n) is 5.64. The zero-order valence-corrected chi connectivity index (χ0v) is 11.7. The quantitative estimate of drug-likeness (QED) is 0.686. The normalized spacial score (nSPS) is 10.3. The molecule has 0 bridgehead atoms. The topological polar surface area (TPSA) is 52.3 Å². The predicted octanol–water partition coefficient (Wildman–Crippen LogP) is 4.07. The van der Waals surface area contributed by atoms with Crippen LogP contribution in [0.2, 0.25) is 10.0 Å². The van der Waals surface area contributed by atoms with Gasteiger partial charge in [0, 0.05) is 11.3 Å². The van der Waals surface area contributed by atoms with Crippen molar-refractivity contribution in [3.8, 4) is 0 Å². The first kappa shape index (κ1) is 14.6. The maximum absolute atomic E-state index is 13.5. The van der Waals surface area contributed by atoms with Gasteiger partial charge in [0.05, 0.1) is 15.6 Å². The summed E-state index contributed by atoms with van der Waals surface area (Å²) in [6, 6.07) is 8.64. The van der Waals surface area contributed by atoms with Crippen molar-refractivity contribution < 1.29 is 13.9 Å². The van der Waals surface area contributed by atoms with E-state index in [4.69, 9.17) is 33.7 Å². The highest BCUT2D eigenvalue weighted by Gasteiger charge is 2.14. The number of anilines is 1. The minimum Gasteiger partial charge on any atom is -0.457 e. The number of benzene rings is 2. The second kappa shape index (κ2) is 6.11. The van der Waals surface area contributed by atoms with E-state index in [1.165, 1.54) is 36.4 Å². The maximum Gasteiger partial charge on any atom is 0.339 e. The van der Waals surface area contributed by atoms with E-state index in [9.17, 15) is 9.18 Å². The van der Waals surface area contributed by atoms with Crippen LogP contribution in [0.4, 0.5) is 10.1 Å². The Balaban J connectivity index is 2.13. The van der Waals surface area contributed by atoms with E-state index in [-0.39, 0.29) is 27.8 Å². The lowest BCUT2D eigenvalue weighted by Gasteiger charge is -2.08. The third-order valence-electron chi connectivity index (χ3n) is 2.62. The van der Waals surface area contributed by atoms with Crippen molar-refractivity contribution in [1.82, 2.24) is 0 Å². The third-order valence-corrected chi connectivity index (χ3v) is 3.29. The summed E-state index contributed by atoms with van der Waals surface area (Å²) in [7, 11) is 0. The molecule has 6 heteroatoms. The van der Waals surface area contributed by atoms with Crippen LogP contribution in [0, 0.1) is 5.82 Å². The second-order valence-electron chi connectivity index (χ2n) is 4.02. The highest BCUT2D eigenvalue weighted by Crippen LogP contribution is 2.23. The largest absolute Gasteiger partial charge is 0.457 e. The Morgan fingerprint density at radius 1 is 1.20 bits per heavy atom. The second-order valence-corrected chi connectivity index (χ2v) is 4.83. The van der Waals surface area contributed by atoms with Crippen molar-refractivity contribution >= 4 is 34.9 Å². The monoisotopic (exact) mass is 313 g/mol. The van der Waals surface area contributed by atoms with Crippen LogP contribution in [0.3, 0.4) is 0 Å². The summed E-state index contributed by atoms with van der Waals surface area (Å²) in [5.74, 6) is -1.21. The molecule has 0 heterocycles. The highest BCUT2D eigenvalue weighted by molar-refractivity contribution is 6.33. The first-order valence-corrected chi connectivity index (χ1v) is 6.39. The summed E-state index contributed by atoms with van der Waals surface area (Å²) < 4.78 is 18.5. The van der Waals surface area contributed by atoms with E-state index in [0.29, 0.717) is 5.69 Å². The molecule has 0 unspecified atom stereocenters. The molecule has 2 rings (SSSR count). The van der Waals surface area contributed by atoms with Crippen molar-refractivity contribution in [1.29, 1.82) is 0 Å². The smallest absolute Gasteiger partial charge is 0.339 e. The maximum atomic E-state index is 13.5. The van der Waals surface area contributed by atoms with E-state index >= 15 is 0 Å². The molecular weight excluding hydrogens is 304 g/mol. The molecule has 20 heavy (non-hydrogen) atoms. The fourth-order valence-corrected chi connectivity index (χ4v) is 2.07. The standard InChI is InChI=1S/C14H10Cl2FNO2/c15-11-2-1-3-13(17)10(11)7-20-14(19)9-5-4-8(18)6-12(9)16/h1-6H,7,18H2. The summed E-state index contributed by atoms with van der Waals surface area (Å²) in [5.41, 5.74) is 6.24. The lowest BCUT2D eigenvalue weighted by molar-refractivity contribution is 0.0469. The van der Waals surface area contributed by atoms with Crippen LogP contribution >= 0.6 is 23.2 Å². The van der Waals surface area contributed by atoms with E-state index in [2.05, 4.69) is 0 Å². The fourth-order valence-electron chi connectivity index (χ4n) is 1.58. The molecule has 0 aromatic heterocycles. The molecule has 2 aromatic carbocycles. The molecule has 0 amide bonds. The molecule has 0 atom stereocenters. The van der Waals surface area contributed by atoms with Gasteiger partial charge in [0.1, 0.15) is 12.4 Å². The third kappa shape index (κ3) is 3.21. The van der Waals surface area contributed by atoms with Gasteiger partial charge in [-0.1, -0.05) is 29.3 Å². The Kier molecular flexibility index (Phi) is 4.47. The van der Waals surface area contributed by atoms with Gasteiger partial charge in [-0.05, 0) is 30.3 Å². The van der Waals surface area contributed by atoms with Crippen LogP contribution in [0.5, 0.6) is 0 Å². The summed E-state index contributed by atoms with van der Waals surface area (Å²) >= 11 is 11.7. The number of hydrogen-bond acceptors (Lipinski definition) is 3. The Morgan fingerprint density at radius 2 is 1.95 bits per heavy atom. The summed E-state index contributed by atoms with van der Waals surface area (Å²) in [4.78, 5) is 11.9. The molecule has 2 aromatic rings. The minimum atomic E-state index is -0.672. The van der Waals surface area contributed by atoms with Gasteiger partial charge in [-0.3, -0.25) is 0 Å². The van der Waals surface area contributed by atoms with E-state index in [1.54, 1.807) is 0 Å². The van der Waals surface area contributed by atoms with Crippen LogP contribution < -0.4 is 5.73 Å². The number of halogens is 3. The summed E-state index contributed by atoms with van der Waals surface area (Å²) in [6.07, 6.45) is 0. The Labute approximate surface area is 125 Å². The molecule has 0 spiro atoms. The molecule has 104 valence electrons. The van der Waals surface area contributed by atoms with Crippen LogP contribution in [0.25, 0.3) is 0 Å². The number of rotatable bonds is 3. The minimum absolute atomic E-state index is 0.120. The molecule has 0 aliphatic rings. The highest BCUT2D eigenvalue weighted by atomic mass is 35.5. The lowest BCUT2D eigenvalue weighted by Crippen LogP contribution is -2.07. The zero-order chi connectivity index (χ0) is 14.7. The van der Waals surface area contributed by atoms with Gasteiger partial charge in [-0.25, -0.2) is 9.18 Å². The SMILES string of the molecule is Nc1ccc(C(=O)OCc2c(F)cccc2Cl)c(Cl)c1. The van der Waals surface area contributed by atoms with Crippen LogP contribution in [0.15, 0.2) is 36.4 Å². The van der Waals surface area contributed by atoms with Gasteiger partial charge in [-0.15, -0.1) is 0 Å². The predicted molar refractivity (Wildman–Crippen MR) is 76.4 cm³/mol. The molecule has 3 nitrogen and oxygen atoms in total. The van der Waals surface area contributed by atoms with Crippen LogP contribution in [0.1, 0.15) is 15.9 Å². The fraction of sp³-hybridized carbons (Fsp3) is 0.0714. The zero-order valence-electron chi connectivity index (χ0n) is 10.2. The van der Waals surface area contributed by atoms with E-state index < -0.39 is 11.8 Å². The van der Waals surface area contributed by atoms with E-state index in [1.807, 2.05) is 0 Å². The molecule has 0 aliphatic heterocycles. The van der Waals surface area contributed by atoms with Crippen LogP contribution in [-0.2, 0) is 11.3 Å². The molecule has 0 saturated carbocycles. The molecule has 0 aliphatic carbocycles. The summed E-state index contributed by atoms with van der Waals surface area (Å²) in [5, 5.41) is 0.371. The number of carbonyl (C=O) groups excluding carboxylic acids is 1. The van der Waals surface area contributed by atoms with E-state index in [0.717, 1.165) is 0 Å². The van der Waals surface area contributed by atoms with Gasteiger partial charge in [0.15, 0.2) is 0 Å². The number of nitrogen functional groups attached to an aromatic ring is 1. The lowest BCUT2D eigenvalue weighted by atomic mass is 10.2. The summed E-state index contributed by atoms with van der Waals surface area (Å²) in [6.45, 7) is -0.273. The van der Waals surface area contributed by atoms with Crippen molar-refractivity contribution in [3.05, 3.63) is 63.4 Å². The average Bonchev–Trinajstić information content (AvgIpc) is 2.37. The molecule has 0 radical (unpaired) electrons.